The molecule has 2 aliphatic rings. The van der Waals surface area contributed by atoms with Crippen LogP contribution in [0.15, 0.2) is 30.5 Å². The van der Waals surface area contributed by atoms with Gasteiger partial charge >= 0.3 is 12.1 Å². The molecule has 0 saturated heterocycles. The molecule has 0 unspecified atom stereocenters. The first-order valence-corrected chi connectivity index (χ1v) is 11.6. The Kier molecular flexibility index (Phi) is 7.11. The Hall–Kier alpha value is -3.40. The number of nitrogens with one attached hydrogen (secondary N) is 1. The predicted octanol–water partition coefficient (Wildman–Crippen LogP) is 2.97. The number of hydrogen-bond donors (Lipinski definition) is 3. The quantitative estimate of drug-likeness (QED) is 0.422. The van der Waals surface area contributed by atoms with Gasteiger partial charge < -0.3 is 21.7 Å². The predicted molar refractivity (Wildman–Crippen MR) is 130 cm³/mol. The van der Waals surface area contributed by atoms with Crippen LogP contribution in [0, 0.1) is 6.92 Å². The first-order chi connectivity index (χ1) is 16.6. The Labute approximate surface area is 201 Å². The maximum Gasteiger partial charge on any atom is 0.471 e. The molecule has 10 heteroatoms. The molecule has 35 heavy (non-hydrogen) atoms. The van der Waals surface area contributed by atoms with Gasteiger partial charge in [-0.25, -0.2) is 4.98 Å². The van der Waals surface area contributed by atoms with Gasteiger partial charge in [-0.05, 0) is 92.2 Å². The van der Waals surface area contributed by atoms with Crippen LogP contribution in [0.1, 0.15) is 27.9 Å². The van der Waals surface area contributed by atoms with Crippen molar-refractivity contribution in [3.05, 3.63) is 58.4 Å². The normalized spacial score (nSPS) is 15.8. The molecule has 5 rings (SSSR count). The van der Waals surface area contributed by atoms with Crippen molar-refractivity contribution in [1.29, 1.82) is 0 Å². The number of carbonyl (C=O) groups excluding carboxylic acids is 1. The molecule has 3 aromatic rings. The zero-order chi connectivity index (χ0) is 25.2. The maximum atomic E-state index is 12.4. The average molecular weight is 487 g/mol. The van der Waals surface area contributed by atoms with Gasteiger partial charge in [-0.3, -0.25) is 9.78 Å². The number of anilines is 2. The Morgan fingerprint density at radius 3 is 1.94 bits per heavy atom. The smallest absolute Gasteiger partial charge is 0.397 e. The van der Waals surface area contributed by atoms with Gasteiger partial charge in [0.15, 0.2) is 0 Å². The molecule has 0 atom stereocenters. The molecule has 0 radical (unpaired) electrons. The molecule has 0 spiro atoms. The molecule has 0 bridgehead atoms. The van der Waals surface area contributed by atoms with E-state index in [4.69, 9.17) is 11.5 Å². The zero-order valence-electron chi connectivity index (χ0n) is 19.6. The highest BCUT2D eigenvalue weighted by atomic mass is 19.4. The summed E-state index contributed by atoms with van der Waals surface area (Å²) in [5, 5.41) is 3.42. The van der Waals surface area contributed by atoms with E-state index in [2.05, 4.69) is 27.4 Å². The van der Waals surface area contributed by atoms with Gasteiger partial charge in [-0.1, -0.05) is 0 Å². The largest absolute Gasteiger partial charge is 0.471 e. The van der Waals surface area contributed by atoms with Crippen molar-refractivity contribution in [3.63, 3.8) is 0 Å². The van der Waals surface area contributed by atoms with E-state index in [1.165, 1.54) is 11.1 Å². The van der Waals surface area contributed by atoms with Crippen LogP contribution in [0.5, 0.6) is 0 Å². The van der Waals surface area contributed by atoms with Crippen molar-refractivity contribution in [3.8, 4) is 0 Å². The zero-order valence-corrected chi connectivity index (χ0v) is 19.6. The number of carbonyl (C=O) groups is 1. The fourth-order valence-electron chi connectivity index (χ4n) is 4.47. The number of alkyl halides is 3. The van der Waals surface area contributed by atoms with Crippen LogP contribution in [-0.2, 0) is 30.5 Å². The van der Waals surface area contributed by atoms with Crippen molar-refractivity contribution >= 4 is 28.3 Å². The van der Waals surface area contributed by atoms with Crippen molar-refractivity contribution in [2.45, 2.75) is 38.8 Å². The van der Waals surface area contributed by atoms with Crippen molar-refractivity contribution in [2.24, 2.45) is 0 Å². The number of amides is 1. The molecule has 0 saturated carbocycles. The summed E-state index contributed by atoms with van der Waals surface area (Å²) in [6, 6.07) is 7.75. The summed E-state index contributed by atoms with van der Waals surface area (Å²) >= 11 is 0. The van der Waals surface area contributed by atoms with Gasteiger partial charge in [0.1, 0.15) is 0 Å². The second-order valence-corrected chi connectivity index (χ2v) is 8.91. The summed E-state index contributed by atoms with van der Waals surface area (Å²) in [6.07, 6.45) is -0.0940. The van der Waals surface area contributed by atoms with Gasteiger partial charge in [-0.2, -0.15) is 13.2 Å². The first kappa shape index (κ1) is 24.7. The highest BCUT2D eigenvalue weighted by Gasteiger charge is 2.42. The fourth-order valence-corrected chi connectivity index (χ4v) is 4.47. The lowest BCUT2D eigenvalue weighted by Crippen LogP contribution is -2.42. The molecule has 1 amide bonds. The number of nitrogen functional groups attached to an aromatic ring is 2. The minimum atomic E-state index is -4.82. The Bertz CT molecular complexity index is 1210. The van der Waals surface area contributed by atoms with E-state index in [-0.39, 0.29) is 13.1 Å². The third-order valence-corrected chi connectivity index (χ3v) is 6.36. The van der Waals surface area contributed by atoms with Gasteiger partial charge in [0.05, 0.1) is 28.1 Å². The number of aromatic nitrogens is 2. The number of rotatable bonds is 0. The highest BCUT2D eigenvalue weighted by molar-refractivity contribution is 5.82. The van der Waals surface area contributed by atoms with Crippen LogP contribution in [0.4, 0.5) is 24.5 Å². The molecule has 2 aromatic carbocycles. The lowest BCUT2D eigenvalue weighted by atomic mass is 10.0. The Balaban J connectivity index is 0.000000167. The number of nitrogens with two attached hydrogens (primary N) is 2. The SMILES string of the molecule is Cc1cnc2cc3c(cc2n1)CCNCC3.Nc1cc2c(cc1N)CCN(C(=O)C(F)(F)F)CC2. The fraction of sp³-hybridized carbons (Fsp3) is 0.400. The van der Waals surface area contributed by atoms with Gasteiger partial charge in [-0.15, -0.1) is 0 Å². The van der Waals surface area contributed by atoms with E-state index < -0.39 is 12.1 Å². The minimum absolute atomic E-state index is 0.0364. The second kappa shape index (κ2) is 10.1. The number of benzene rings is 2. The number of halogens is 3. The van der Waals surface area contributed by atoms with Gasteiger partial charge in [0.25, 0.3) is 0 Å². The minimum Gasteiger partial charge on any atom is -0.397 e. The van der Waals surface area contributed by atoms with Crippen molar-refractivity contribution in [2.75, 3.05) is 37.6 Å². The van der Waals surface area contributed by atoms with E-state index in [1.54, 1.807) is 12.1 Å². The van der Waals surface area contributed by atoms with Crippen LogP contribution in [0.3, 0.4) is 0 Å². The van der Waals surface area contributed by atoms with Gasteiger partial charge in [0.2, 0.25) is 0 Å². The second-order valence-electron chi connectivity index (χ2n) is 8.91. The van der Waals surface area contributed by atoms with Crippen LogP contribution in [0.2, 0.25) is 0 Å². The molecular weight excluding hydrogens is 457 g/mol. The molecule has 7 nitrogen and oxygen atoms in total. The maximum absolute atomic E-state index is 12.4. The molecular formula is C25H29F3N6O. The van der Waals surface area contributed by atoms with E-state index >= 15 is 0 Å². The number of nitrogens with zero attached hydrogens (tertiary/aromatic N) is 3. The molecule has 2 aliphatic heterocycles. The molecule has 186 valence electrons. The number of hydrogen-bond acceptors (Lipinski definition) is 6. The average Bonchev–Trinajstić information content (AvgIpc) is 3.15. The standard InChI is InChI=1S/C13H15N3.C12H14F3N3O/c1-9-8-15-12-6-10-2-4-14-5-3-11(10)7-13(12)16-9;13-12(14,15)11(19)18-3-1-7-5-9(16)10(17)6-8(7)2-4-18/h6-8,14H,2-5H2,1H3;5-6H,1-4,16-17H2. The first-order valence-electron chi connectivity index (χ1n) is 11.6. The third-order valence-electron chi connectivity index (χ3n) is 6.36. The van der Waals surface area contributed by atoms with E-state index in [0.717, 1.165) is 58.7 Å². The van der Waals surface area contributed by atoms with E-state index in [1.807, 2.05) is 13.1 Å². The van der Waals surface area contributed by atoms with E-state index in [9.17, 15) is 18.0 Å². The van der Waals surface area contributed by atoms with Crippen LogP contribution < -0.4 is 16.8 Å². The molecule has 5 N–H and O–H groups in total. The number of aryl methyl sites for hydroxylation is 1. The third kappa shape index (κ3) is 5.82. The van der Waals surface area contributed by atoms with Crippen molar-refractivity contribution < 1.29 is 18.0 Å². The lowest BCUT2D eigenvalue weighted by Gasteiger charge is -2.21. The van der Waals surface area contributed by atoms with Crippen LogP contribution >= 0.6 is 0 Å². The summed E-state index contributed by atoms with van der Waals surface area (Å²) in [7, 11) is 0. The summed E-state index contributed by atoms with van der Waals surface area (Å²) in [5.41, 5.74) is 19.8. The van der Waals surface area contributed by atoms with Gasteiger partial charge in [0, 0.05) is 19.3 Å². The number of fused-ring (bicyclic) bond motifs is 3. The summed E-state index contributed by atoms with van der Waals surface area (Å²) in [6.45, 7) is 4.19. The molecule has 0 fully saturated rings. The molecule has 0 aliphatic carbocycles. The van der Waals surface area contributed by atoms with Crippen LogP contribution in [-0.4, -0.2) is 53.1 Å². The molecule has 1 aromatic heterocycles. The topological polar surface area (TPSA) is 110 Å². The highest BCUT2D eigenvalue weighted by Crippen LogP contribution is 2.26. The van der Waals surface area contributed by atoms with Crippen molar-refractivity contribution in [1.82, 2.24) is 20.2 Å². The lowest BCUT2D eigenvalue weighted by molar-refractivity contribution is -0.185. The van der Waals surface area contributed by atoms with Crippen LogP contribution in [0.25, 0.3) is 11.0 Å². The Morgan fingerprint density at radius 1 is 0.886 bits per heavy atom. The van der Waals surface area contributed by atoms with E-state index in [0.29, 0.717) is 24.2 Å². The monoisotopic (exact) mass is 486 g/mol. The summed E-state index contributed by atoms with van der Waals surface area (Å²) in [4.78, 5) is 21.0. The summed E-state index contributed by atoms with van der Waals surface area (Å²) in [5.74, 6) is -1.79. The Morgan fingerprint density at radius 2 is 1.40 bits per heavy atom. The summed E-state index contributed by atoms with van der Waals surface area (Å²) < 4.78 is 37.2. The molecule has 3 heterocycles.